The van der Waals surface area contributed by atoms with E-state index in [1.54, 1.807) is 19.1 Å². The average molecular weight is 353 g/mol. The van der Waals surface area contributed by atoms with Gasteiger partial charge in [-0.05, 0) is 51.3 Å². The molecule has 0 aromatic heterocycles. The molecule has 1 amide bonds. The van der Waals surface area contributed by atoms with Crippen LogP contribution in [0.3, 0.4) is 0 Å². The highest BCUT2D eigenvalue weighted by Gasteiger charge is 2.26. The Morgan fingerprint density at radius 1 is 1.29 bits per heavy atom. The van der Waals surface area contributed by atoms with Crippen LogP contribution in [0.5, 0.6) is 0 Å². The lowest BCUT2D eigenvalue weighted by molar-refractivity contribution is 0.0915. The number of nitrogens with one attached hydrogen (secondary N) is 2. The molecule has 4 N–H and O–H groups in total. The molecule has 24 heavy (non-hydrogen) atoms. The number of sulfonamides is 1. The van der Waals surface area contributed by atoms with Gasteiger partial charge in [0.1, 0.15) is 0 Å². The van der Waals surface area contributed by atoms with Crippen LogP contribution in [0.1, 0.15) is 55.5 Å². The minimum Gasteiger partial charge on any atom is -0.346 e. The molecule has 0 unspecified atom stereocenters. The first kappa shape index (κ1) is 18.9. The van der Waals surface area contributed by atoms with Crippen LogP contribution in [0.25, 0.3) is 0 Å². The standard InChI is InChI=1S/C17H27N3O3S/c1-12-8-9-13(16(21)19-17(2,3)11-18)10-15(12)24(22,23)20-14-6-4-5-7-14/h8-10,14,20H,4-7,11,18H2,1-3H3,(H,19,21). The fourth-order valence-corrected chi connectivity index (χ4v) is 4.36. The molecule has 1 saturated carbocycles. The van der Waals surface area contributed by atoms with Gasteiger partial charge in [-0.25, -0.2) is 13.1 Å². The molecule has 1 aromatic carbocycles. The summed E-state index contributed by atoms with van der Waals surface area (Å²) in [4.78, 5) is 12.5. The summed E-state index contributed by atoms with van der Waals surface area (Å²) in [5, 5.41) is 2.81. The molecule has 0 bridgehead atoms. The molecule has 0 saturated heterocycles. The van der Waals surface area contributed by atoms with Gasteiger partial charge in [-0.3, -0.25) is 4.79 Å². The Bertz CT molecular complexity index is 708. The molecular formula is C17H27N3O3S. The van der Waals surface area contributed by atoms with Crippen LogP contribution in [0.4, 0.5) is 0 Å². The first-order chi connectivity index (χ1) is 11.1. The number of rotatable bonds is 6. The molecule has 7 heteroatoms. The summed E-state index contributed by atoms with van der Waals surface area (Å²) in [5.74, 6) is -0.331. The Kier molecular flexibility index (Phi) is 5.67. The number of aryl methyl sites for hydroxylation is 1. The predicted octanol–water partition coefficient (Wildman–Crippen LogP) is 1.68. The first-order valence-corrected chi connectivity index (χ1v) is 9.78. The number of amides is 1. The van der Waals surface area contributed by atoms with E-state index in [0.717, 1.165) is 25.7 Å². The van der Waals surface area contributed by atoms with E-state index in [-0.39, 0.29) is 16.8 Å². The molecule has 0 spiro atoms. The number of hydrogen-bond donors (Lipinski definition) is 3. The zero-order chi connectivity index (χ0) is 18.0. The molecule has 1 fully saturated rings. The second kappa shape index (κ2) is 7.21. The quantitative estimate of drug-likeness (QED) is 0.724. The summed E-state index contributed by atoms with van der Waals surface area (Å²) < 4.78 is 28.1. The third-order valence-electron chi connectivity index (χ3n) is 4.38. The normalized spacial score (nSPS) is 16.3. The molecule has 0 heterocycles. The molecule has 0 atom stereocenters. The van der Waals surface area contributed by atoms with Gasteiger partial charge >= 0.3 is 0 Å². The Morgan fingerprint density at radius 3 is 2.50 bits per heavy atom. The van der Waals surface area contributed by atoms with E-state index < -0.39 is 15.6 Å². The Labute approximate surface area is 144 Å². The highest BCUT2D eigenvalue weighted by Crippen LogP contribution is 2.23. The van der Waals surface area contributed by atoms with Crippen LogP contribution in [-0.4, -0.2) is 32.5 Å². The molecule has 1 aliphatic carbocycles. The fraction of sp³-hybridized carbons (Fsp3) is 0.588. The van der Waals surface area contributed by atoms with Gasteiger partial charge in [-0.15, -0.1) is 0 Å². The highest BCUT2D eigenvalue weighted by molar-refractivity contribution is 7.89. The molecule has 1 aromatic rings. The second-order valence-electron chi connectivity index (χ2n) is 7.13. The van der Waals surface area contributed by atoms with Crippen molar-refractivity contribution in [1.82, 2.24) is 10.0 Å². The Balaban J connectivity index is 2.26. The van der Waals surface area contributed by atoms with Gasteiger partial charge in [0, 0.05) is 23.7 Å². The lowest BCUT2D eigenvalue weighted by Gasteiger charge is -2.24. The van der Waals surface area contributed by atoms with Gasteiger partial charge in [-0.2, -0.15) is 0 Å². The molecule has 1 aliphatic rings. The zero-order valence-electron chi connectivity index (χ0n) is 14.6. The summed E-state index contributed by atoms with van der Waals surface area (Å²) >= 11 is 0. The van der Waals surface area contributed by atoms with Crippen LogP contribution >= 0.6 is 0 Å². The predicted molar refractivity (Wildman–Crippen MR) is 94.4 cm³/mol. The van der Waals surface area contributed by atoms with Crippen molar-refractivity contribution < 1.29 is 13.2 Å². The van der Waals surface area contributed by atoms with E-state index in [9.17, 15) is 13.2 Å². The van der Waals surface area contributed by atoms with E-state index in [1.165, 1.54) is 6.07 Å². The summed E-state index contributed by atoms with van der Waals surface area (Å²) in [6, 6.07) is 4.72. The molecule has 134 valence electrons. The number of nitrogens with two attached hydrogens (primary N) is 1. The van der Waals surface area contributed by atoms with Gasteiger partial charge in [0.25, 0.3) is 5.91 Å². The number of hydrogen-bond acceptors (Lipinski definition) is 4. The maximum Gasteiger partial charge on any atom is 0.251 e. The summed E-state index contributed by atoms with van der Waals surface area (Å²) in [6.45, 7) is 5.66. The SMILES string of the molecule is Cc1ccc(C(=O)NC(C)(C)CN)cc1S(=O)(=O)NC1CCCC1. The fourth-order valence-electron chi connectivity index (χ4n) is 2.79. The topological polar surface area (TPSA) is 101 Å². The smallest absolute Gasteiger partial charge is 0.251 e. The van der Waals surface area contributed by atoms with Crippen LogP contribution < -0.4 is 15.8 Å². The van der Waals surface area contributed by atoms with E-state index in [0.29, 0.717) is 17.7 Å². The molecule has 2 rings (SSSR count). The Hall–Kier alpha value is -1.44. The van der Waals surface area contributed by atoms with Crippen LogP contribution in [-0.2, 0) is 10.0 Å². The van der Waals surface area contributed by atoms with Crippen molar-refractivity contribution in [3.63, 3.8) is 0 Å². The maximum absolute atomic E-state index is 12.7. The summed E-state index contributed by atoms with van der Waals surface area (Å²) in [6.07, 6.45) is 3.82. The number of carbonyl (C=O) groups is 1. The summed E-state index contributed by atoms with van der Waals surface area (Å²) in [7, 11) is -3.63. The third kappa shape index (κ3) is 4.55. The van der Waals surface area contributed by atoms with Gasteiger partial charge in [-0.1, -0.05) is 18.9 Å². The Morgan fingerprint density at radius 2 is 1.92 bits per heavy atom. The van der Waals surface area contributed by atoms with Crippen molar-refractivity contribution in [1.29, 1.82) is 0 Å². The van der Waals surface area contributed by atoms with Crippen molar-refractivity contribution in [2.45, 2.75) is 62.9 Å². The molecule has 0 radical (unpaired) electrons. The third-order valence-corrected chi connectivity index (χ3v) is 6.04. The average Bonchev–Trinajstić information content (AvgIpc) is 2.99. The number of carbonyl (C=O) groups excluding carboxylic acids is 1. The van der Waals surface area contributed by atoms with Gasteiger partial charge < -0.3 is 11.1 Å². The molecular weight excluding hydrogens is 326 g/mol. The van der Waals surface area contributed by atoms with Crippen molar-refractivity contribution in [2.75, 3.05) is 6.54 Å². The minimum absolute atomic E-state index is 0.0111. The largest absolute Gasteiger partial charge is 0.346 e. The van der Waals surface area contributed by atoms with E-state index in [1.807, 2.05) is 13.8 Å². The van der Waals surface area contributed by atoms with Crippen LogP contribution in [0, 0.1) is 6.92 Å². The van der Waals surface area contributed by atoms with E-state index >= 15 is 0 Å². The first-order valence-electron chi connectivity index (χ1n) is 8.30. The zero-order valence-corrected chi connectivity index (χ0v) is 15.4. The van der Waals surface area contributed by atoms with Gasteiger partial charge in [0.05, 0.1) is 4.90 Å². The maximum atomic E-state index is 12.7. The summed E-state index contributed by atoms with van der Waals surface area (Å²) in [5.41, 5.74) is 6.01. The van der Waals surface area contributed by atoms with Crippen molar-refractivity contribution >= 4 is 15.9 Å². The lowest BCUT2D eigenvalue weighted by atomic mass is 10.0. The molecule has 0 aliphatic heterocycles. The van der Waals surface area contributed by atoms with Crippen molar-refractivity contribution in [3.05, 3.63) is 29.3 Å². The van der Waals surface area contributed by atoms with Crippen molar-refractivity contribution in [2.24, 2.45) is 5.73 Å². The van der Waals surface area contributed by atoms with Crippen LogP contribution in [0.15, 0.2) is 23.1 Å². The monoisotopic (exact) mass is 353 g/mol. The van der Waals surface area contributed by atoms with E-state index in [2.05, 4.69) is 10.0 Å². The highest BCUT2D eigenvalue weighted by atomic mass is 32.2. The molecule has 6 nitrogen and oxygen atoms in total. The number of benzene rings is 1. The van der Waals surface area contributed by atoms with Gasteiger partial charge in [0.2, 0.25) is 10.0 Å². The van der Waals surface area contributed by atoms with Crippen molar-refractivity contribution in [3.8, 4) is 0 Å². The minimum atomic E-state index is -3.63. The van der Waals surface area contributed by atoms with Gasteiger partial charge in [0.15, 0.2) is 0 Å². The van der Waals surface area contributed by atoms with Crippen LogP contribution in [0.2, 0.25) is 0 Å². The van der Waals surface area contributed by atoms with E-state index in [4.69, 9.17) is 5.73 Å². The lowest BCUT2D eigenvalue weighted by Crippen LogP contribution is -2.48. The second-order valence-corrected chi connectivity index (χ2v) is 8.81.